The number of carbonyl (C=O) groups is 2. The number of methoxy groups -OCH3 is 2. The summed E-state index contributed by atoms with van der Waals surface area (Å²) >= 11 is 0. The first-order valence-corrected chi connectivity index (χ1v) is 15.9. The Bertz CT molecular complexity index is 1580. The SMILES string of the molecule is COc1ccc(NC(=O)Nc2ccc3c(c2)CC(=O)N([C@@H](C)CO)C[C@H](C)[C@@H](CN(C)S(=O)(=O)c2ccc(OC)cc2)O3)cc1. The molecule has 0 aliphatic carbocycles. The van der Waals surface area contributed by atoms with E-state index in [1.165, 1.54) is 30.6 Å². The Morgan fingerprint density at radius 3 is 2.20 bits per heavy atom. The van der Waals surface area contributed by atoms with Gasteiger partial charge >= 0.3 is 6.03 Å². The molecular formula is C32H40N4O8S. The second kappa shape index (κ2) is 14.6. The van der Waals surface area contributed by atoms with Crippen LogP contribution in [0.2, 0.25) is 0 Å². The van der Waals surface area contributed by atoms with Gasteiger partial charge in [-0.15, -0.1) is 0 Å². The van der Waals surface area contributed by atoms with Crippen molar-refractivity contribution in [1.29, 1.82) is 0 Å². The Kier molecular flexibility index (Phi) is 10.9. The molecule has 45 heavy (non-hydrogen) atoms. The van der Waals surface area contributed by atoms with E-state index in [2.05, 4.69) is 10.6 Å². The molecule has 242 valence electrons. The van der Waals surface area contributed by atoms with Crippen LogP contribution in [0, 0.1) is 5.92 Å². The minimum absolute atomic E-state index is 0.00518. The lowest BCUT2D eigenvalue weighted by Gasteiger charge is -2.33. The van der Waals surface area contributed by atoms with Crippen molar-refractivity contribution in [2.75, 3.05) is 51.6 Å². The number of ether oxygens (including phenoxy) is 3. The highest BCUT2D eigenvalue weighted by Gasteiger charge is 2.33. The average Bonchev–Trinajstić information content (AvgIpc) is 3.08. The number of nitrogens with zero attached hydrogens (tertiary/aromatic N) is 2. The molecule has 3 amide bonds. The molecule has 4 rings (SSSR count). The summed E-state index contributed by atoms with van der Waals surface area (Å²) in [5, 5.41) is 15.4. The van der Waals surface area contributed by atoms with Crippen LogP contribution in [-0.2, 0) is 21.2 Å². The van der Waals surface area contributed by atoms with Crippen LogP contribution in [0.4, 0.5) is 16.2 Å². The first-order chi connectivity index (χ1) is 21.4. The molecule has 0 aromatic heterocycles. The quantitative estimate of drug-likeness (QED) is 0.303. The zero-order chi connectivity index (χ0) is 32.7. The number of fused-ring (bicyclic) bond motifs is 1. The first-order valence-electron chi connectivity index (χ1n) is 14.5. The van der Waals surface area contributed by atoms with E-state index in [1.54, 1.807) is 73.5 Å². The average molecular weight is 641 g/mol. The lowest BCUT2D eigenvalue weighted by Crippen LogP contribution is -2.48. The number of nitrogens with one attached hydrogen (secondary N) is 2. The standard InChI is InChI=1S/C32H40N4O8S/c1-21-18-36(22(2)20-37)31(38)17-23-16-25(34-32(39)33-24-6-9-26(42-4)10-7-24)8-15-29(23)44-30(21)19-35(3)45(40,41)28-13-11-27(43-5)12-14-28/h6-16,21-22,30,37H,17-20H2,1-5H3,(H2,33,34,39)/t21-,22-,30+/m0/s1. The fourth-order valence-corrected chi connectivity index (χ4v) is 6.16. The number of sulfonamides is 1. The van der Waals surface area contributed by atoms with Crippen LogP contribution in [0.5, 0.6) is 17.2 Å². The molecule has 0 fully saturated rings. The van der Waals surface area contributed by atoms with Gasteiger partial charge in [-0.2, -0.15) is 4.31 Å². The number of hydrogen-bond donors (Lipinski definition) is 3. The van der Waals surface area contributed by atoms with Gasteiger partial charge in [-0.05, 0) is 73.7 Å². The van der Waals surface area contributed by atoms with Crippen LogP contribution >= 0.6 is 0 Å². The summed E-state index contributed by atoms with van der Waals surface area (Å²) in [5.41, 5.74) is 1.51. The van der Waals surface area contributed by atoms with Gasteiger partial charge in [-0.1, -0.05) is 6.92 Å². The minimum Gasteiger partial charge on any atom is -0.497 e. The van der Waals surface area contributed by atoms with Crippen molar-refractivity contribution in [3.8, 4) is 17.2 Å². The van der Waals surface area contributed by atoms with Gasteiger partial charge in [0.2, 0.25) is 15.9 Å². The predicted molar refractivity (Wildman–Crippen MR) is 170 cm³/mol. The number of hydrogen-bond acceptors (Lipinski definition) is 8. The third kappa shape index (κ3) is 8.24. The van der Waals surface area contributed by atoms with Crippen molar-refractivity contribution >= 4 is 33.3 Å². The number of rotatable bonds is 10. The largest absolute Gasteiger partial charge is 0.497 e. The number of aliphatic hydroxyl groups is 1. The van der Waals surface area contributed by atoms with Crippen molar-refractivity contribution in [3.63, 3.8) is 0 Å². The third-order valence-electron chi connectivity index (χ3n) is 7.73. The van der Waals surface area contributed by atoms with Crippen LogP contribution in [0.15, 0.2) is 71.6 Å². The van der Waals surface area contributed by atoms with E-state index in [0.717, 1.165) is 0 Å². The lowest BCUT2D eigenvalue weighted by molar-refractivity contribution is -0.134. The van der Waals surface area contributed by atoms with E-state index in [4.69, 9.17) is 14.2 Å². The van der Waals surface area contributed by atoms with Crippen molar-refractivity contribution in [1.82, 2.24) is 9.21 Å². The topological polar surface area (TPSA) is 147 Å². The van der Waals surface area contributed by atoms with Gasteiger partial charge < -0.3 is 34.9 Å². The molecule has 0 saturated heterocycles. The molecular weight excluding hydrogens is 600 g/mol. The van der Waals surface area contributed by atoms with Crippen molar-refractivity contribution in [2.24, 2.45) is 5.92 Å². The molecule has 1 heterocycles. The minimum atomic E-state index is -3.87. The normalized spacial score (nSPS) is 17.7. The zero-order valence-electron chi connectivity index (χ0n) is 26.0. The highest BCUT2D eigenvalue weighted by atomic mass is 32.2. The number of benzene rings is 3. The van der Waals surface area contributed by atoms with E-state index in [9.17, 15) is 23.1 Å². The molecule has 0 spiro atoms. The van der Waals surface area contributed by atoms with Crippen LogP contribution < -0.4 is 24.8 Å². The van der Waals surface area contributed by atoms with E-state index in [0.29, 0.717) is 34.2 Å². The number of anilines is 2. The second-order valence-corrected chi connectivity index (χ2v) is 13.0. The van der Waals surface area contributed by atoms with E-state index < -0.39 is 28.2 Å². The maximum Gasteiger partial charge on any atom is 0.323 e. The Morgan fingerprint density at radius 2 is 1.60 bits per heavy atom. The maximum absolute atomic E-state index is 13.5. The predicted octanol–water partition coefficient (Wildman–Crippen LogP) is 3.82. The summed E-state index contributed by atoms with van der Waals surface area (Å²) in [5.74, 6) is 1.06. The zero-order valence-corrected chi connectivity index (χ0v) is 26.8. The molecule has 13 heteroatoms. The van der Waals surface area contributed by atoms with Crippen LogP contribution in [0.1, 0.15) is 19.4 Å². The molecule has 0 unspecified atom stereocenters. The summed E-state index contributed by atoms with van der Waals surface area (Å²) in [6, 6.07) is 17.0. The van der Waals surface area contributed by atoms with E-state index in [1.807, 2.05) is 6.92 Å². The molecule has 3 aromatic carbocycles. The lowest BCUT2D eigenvalue weighted by atomic mass is 10.0. The Balaban J connectivity index is 1.59. The smallest absolute Gasteiger partial charge is 0.323 e. The summed E-state index contributed by atoms with van der Waals surface area (Å²) in [6.07, 6.45) is -0.701. The number of likely N-dealkylation sites (N-methyl/N-ethyl adjacent to an activating group) is 1. The van der Waals surface area contributed by atoms with E-state index in [-0.39, 0.29) is 42.8 Å². The number of aliphatic hydroxyl groups excluding tert-OH is 1. The molecule has 1 aliphatic rings. The second-order valence-electron chi connectivity index (χ2n) is 11.0. The fourth-order valence-electron chi connectivity index (χ4n) is 4.97. The van der Waals surface area contributed by atoms with Gasteiger partial charge in [-0.25, -0.2) is 13.2 Å². The van der Waals surface area contributed by atoms with Crippen LogP contribution in [-0.4, -0.2) is 87.8 Å². The van der Waals surface area contributed by atoms with Crippen molar-refractivity contribution in [3.05, 3.63) is 72.3 Å². The molecule has 1 aliphatic heterocycles. The van der Waals surface area contributed by atoms with Gasteiger partial charge in [-0.3, -0.25) is 4.79 Å². The monoisotopic (exact) mass is 640 g/mol. The van der Waals surface area contributed by atoms with Crippen molar-refractivity contribution in [2.45, 2.75) is 37.3 Å². The van der Waals surface area contributed by atoms with Gasteiger partial charge in [0, 0.05) is 36.4 Å². The summed E-state index contributed by atoms with van der Waals surface area (Å²) in [6.45, 7) is 3.63. The molecule has 3 aromatic rings. The number of carbonyl (C=O) groups excluding carboxylic acids is 2. The van der Waals surface area contributed by atoms with Crippen molar-refractivity contribution < 1.29 is 37.3 Å². The van der Waals surface area contributed by atoms with Crippen LogP contribution in [0.25, 0.3) is 0 Å². The molecule has 3 atom stereocenters. The number of amides is 3. The van der Waals surface area contributed by atoms with Gasteiger partial charge in [0.15, 0.2) is 0 Å². The van der Waals surface area contributed by atoms with Gasteiger partial charge in [0.25, 0.3) is 0 Å². The van der Waals surface area contributed by atoms with Crippen LogP contribution in [0.3, 0.4) is 0 Å². The maximum atomic E-state index is 13.5. The van der Waals surface area contributed by atoms with Gasteiger partial charge in [0.1, 0.15) is 23.4 Å². The Morgan fingerprint density at radius 1 is 1.02 bits per heavy atom. The summed E-state index contributed by atoms with van der Waals surface area (Å²) in [7, 11) is 0.671. The Hall–Kier alpha value is -4.33. The highest BCUT2D eigenvalue weighted by Crippen LogP contribution is 2.30. The molecule has 3 N–H and O–H groups in total. The summed E-state index contributed by atoms with van der Waals surface area (Å²) in [4.78, 5) is 27.9. The summed E-state index contributed by atoms with van der Waals surface area (Å²) < 4.78 is 44.9. The molecule has 0 radical (unpaired) electrons. The third-order valence-corrected chi connectivity index (χ3v) is 9.56. The Labute approximate surface area is 263 Å². The number of urea groups is 1. The fraction of sp³-hybridized carbons (Fsp3) is 0.375. The van der Waals surface area contributed by atoms with Gasteiger partial charge in [0.05, 0.1) is 44.7 Å². The van der Waals surface area contributed by atoms with E-state index >= 15 is 0 Å². The highest BCUT2D eigenvalue weighted by molar-refractivity contribution is 7.89. The first kappa shape index (κ1) is 33.6. The molecule has 0 saturated carbocycles. The molecule has 0 bridgehead atoms. The molecule has 12 nitrogen and oxygen atoms in total.